The molecule has 0 fully saturated rings. The van der Waals surface area contributed by atoms with Crippen LogP contribution in [0.15, 0.2) is 53.6 Å². The Bertz CT molecular complexity index is 1260. The molecule has 0 unspecified atom stereocenters. The summed E-state index contributed by atoms with van der Waals surface area (Å²) in [4.78, 5) is 24.8. The molecule has 30 heavy (non-hydrogen) atoms. The number of carbonyl (C=O) groups is 1. The van der Waals surface area contributed by atoms with Crippen molar-refractivity contribution in [2.45, 2.75) is 4.90 Å². The molecular formula is C20H18FN5O3S. The number of hydrogen-bond acceptors (Lipinski definition) is 7. The van der Waals surface area contributed by atoms with Crippen LogP contribution in [-0.2, 0) is 9.84 Å². The van der Waals surface area contributed by atoms with Crippen LogP contribution in [0.2, 0.25) is 0 Å². The number of rotatable bonds is 3. The van der Waals surface area contributed by atoms with Gasteiger partial charge in [0.25, 0.3) is 5.91 Å². The Labute approximate surface area is 172 Å². The lowest BCUT2D eigenvalue weighted by atomic mass is 10.1. The normalized spacial score (nSPS) is 13.5. The molecular weight excluding hydrogens is 409 g/mol. The Morgan fingerprint density at radius 3 is 2.37 bits per heavy atom. The summed E-state index contributed by atoms with van der Waals surface area (Å²) >= 11 is 0. The third kappa shape index (κ3) is 3.45. The monoisotopic (exact) mass is 427 g/mol. The van der Waals surface area contributed by atoms with Crippen LogP contribution in [0.4, 0.5) is 33.2 Å². The predicted molar refractivity (Wildman–Crippen MR) is 112 cm³/mol. The van der Waals surface area contributed by atoms with Crippen LogP contribution in [0, 0.1) is 5.82 Å². The topological polar surface area (TPSA) is 95.5 Å². The van der Waals surface area contributed by atoms with E-state index < -0.39 is 15.7 Å². The predicted octanol–water partition coefficient (Wildman–Crippen LogP) is 3.12. The van der Waals surface area contributed by atoms with Gasteiger partial charge in [-0.15, -0.1) is 0 Å². The van der Waals surface area contributed by atoms with Crippen molar-refractivity contribution in [2.75, 3.05) is 35.5 Å². The molecule has 2 aromatic carbocycles. The van der Waals surface area contributed by atoms with Crippen LogP contribution in [0.5, 0.6) is 0 Å². The smallest absolute Gasteiger partial charge is 0.260 e. The maximum absolute atomic E-state index is 13.8. The SMILES string of the molecule is CN1C(=O)c2ccc(F)cc2N(C)c2nc(Nc3ccc(S(C)(=O)=O)cc3)ncc21. The highest BCUT2D eigenvalue weighted by Gasteiger charge is 2.29. The lowest BCUT2D eigenvalue weighted by molar-refractivity contribution is 0.0994. The third-order valence-corrected chi connectivity index (χ3v) is 5.95. The van der Waals surface area contributed by atoms with Crippen molar-refractivity contribution in [3.63, 3.8) is 0 Å². The Morgan fingerprint density at radius 2 is 1.70 bits per heavy atom. The van der Waals surface area contributed by atoms with Crippen molar-refractivity contribution >= 4 is 44.6 Å². The van der Waals surface area contributed by atoms with E-state index >= 15 is 0 Å². The van der Waals surface area contributed by atoms with Gasteiger partial charge >= 0.3 is 0 Å². The molecule has 1 N–H and O–H groups in total. The summed E-state index contributed by atoms with van der Waals surface area (Å²) in [5, 5.41) is 3.01. The van der Waals surface area contributed by atoms with Gasteiger partial charge in [-0.25, -0.2) is 17.8 Å². The summed E-state index contributed by atoms with van der Waals surface area (Å²) in [6, 6.07) is 10.2. The van der Waals surface area contributed by atoms with Crippen molar-refractivity contribution in [1.29, 1.82) is 0 Å². The van der Waals surface area contributed by atoms with Crippen LogP contribution in [0.1, 0.15) is 10.4 Å². The number of amides is 1. The van der Waals surface area contributed by atoms with E-state index in [1.165, 1.54) is 41.4 Å². The van der Waals surface area contributed by atoms with Gasteiger partial charge in [0.2, 0.25) is 5.95 Å². The first-order valence-corrected chi connectivity index (χ1v) is 10.8. The van der Waals surface area contributed by atoms with Gasteiger partial charge in [-0.05, 0) is 42.5 Å². The molecule has 8 nitrogen and oxygen atoms in total. The summed E-state index contributed by atoms with van der Waals surface area (Å²) in [6.07, 6.45) is 2.64. The molecule has 0 aliphatic carbocycles. The van der Waals surface area contributed by atoms with E-state index in [9.17, 15) is 17.6 Å². The van der Waals surface area contributed by atoms with Crippen molar-refractivity contribution in [3.05, 3.63) is 60.0 Å². The molecule has 0 bridgehead atoms. The first-order valence-electron chi connectivity index (χ1n) is 8.90. The Morgan fingerprint density at radius 1 is 1.00 bits per heavy atom. The number of sulfone groups is 1. The molecule has 0 atom stereocenters. The van der Waals surface area contributed by atoms with Crippen LogP contribution in [-0.4, -0.2) is 44.6 Å². The number of fused-ring (bicyclic) bond motifs is 2. The van der Waals surface area contributed by atoms with E-state index in [1.807, 2.05) is 0 Å². The highest BCUT2D eigenvalue weighted by Crippen LogP contribution is 2.38. The average Bonchev–Trinajstić information content (AvgIpc) is 2.78. The second kappa shape index (κ2) is 7.06. The lowest BCUT2D eigenvalue weighted by Crippen LogP contribution is -2.25. The van der Waals surface area contributed by atoms with E-state index in [1.54, 1.807) is 31.1 Å². The minimum Gasteiger partial charge on any atom is -0.327 e. The molecule has 1 aromatic heterocycles. The van der Waals surface area contributed by atoms with E-state index in [4.69, 9.17) is 0 Å². The van der Waals surface area contributed by atoms with E-state index in [0.717, 1.165) is 6.26 Å². The molecule has 4 rings (SSSR count). The molecule has 154 valence electrons. The number of aromatic nitrogens is 2. The summed E-state index contributed by atoms with van der Waals surface area (Å²) in [6.45, 7) is 0. The third-order valence-electron chi connectivity index (χ3n) is 4.82. The number of nitrogens with one attached hydrogen (secondary N) is 1. The van der Waals surface area contributed by atoms with Gasteiger partial charge in [0.05, 0.1) is 22.3 Å². The number of hydrogen-bond donors (Lipinski definition) is 1. The van der Waals surface area contributed by atoms with Crippen LogP contribution in [0.25, 0.3) is 0 Å². The molecule has 1 aliphatic rings. The van der Waals surface area contributed by atoms with Gasteiger partial charge in [0.15, 0.2) is 15.7 Å². The molecule has 1 aliphatic heterocycles. The zero-order chi connectivity index (χ0) is 21.6. The van der Waals surface area contributed by atoms with E-state index in [0.29, 0.717) is 28.4 Å². The minimum absolute atomic E-state index is 0.203. The molecule has 0 spiro atoms. The largest absolute Gasteiger partial charge is 0.327 e. The molecule has 1 amide bonds. The number of halogens is 1. The van der Waals surface area contributed by atoms with Gasteiger partial charge in [-0.2, -0.15) is 4.98 Å². The zero-order valence-electron chi connectivity index (χ0n) is 16.4. The highest BCUT2D eigenvalue weighted by molar-refractivity contribution is 7.90. The lowest BCUT2D eigenvalue weighted by Gasteiger charge is -2.21. The van der Waals surface area contributed by atoms with Crippen molar-refractivity contribution in [1.82, 2.24) is 9.97 Å². The number of benzene rings is 2. The quantitative estimate of drug-likeness (QED) is 0.686. The van der Waals surface area contributed by atoms with E-state index in [2.05, 4.69) is 15.3 Å². The van der Waals surface area contributed by atoms with E-state index in [-0.39, 0.29) is 16.8 Å². The minimum atomic E-state index is -3.29. The fraction of sp³-hybridized carbons (Fsp3) is 0.150. The summed E-state index contributed by atoms with van der Waals surface area (Å²) in [5.74, 6) is -0.0944. The second-order valence-corrected chi connectivity index (χ2v) is 8.92. The van der Waals surface area contributed by atoms with Gasteiger partial charge < -0.3 is 15.1 Å². The second-order valence-electron chi connectivity index (χ2n) is 6.91. The Hall–Kier alpha value is -3.53. The summed E-state index contributed by atoms with van der Waals surface area (Å²) < 4.78 is 37.1. The van der Waals surface area contributed by atoms with Gasteiger partial charge in [-0.3, -0.25) is 4.79 Å². The maximum atomic E-state index is 13.8. The summed E-state index contributed by atoms with van der Waals surface area (Å²) in [5.41, 5.74) is 1.81. The fourth-order valence-electron chi connectivity index (χ4n) is 3.19. The summed E-state index contributed by atoms with van der Waals surface area (Å²) in [7, 11) is 0.00773. The molecule has 0 saturated heterocycles. The molecule has 10 heteroatoms. The average molecular weight is 427 g/mol. The molecule has 3 aromatic rings. The first kappa shape index (κ1) is 19.8. The van der Waals surface area contributed by atoms with Crippen molar-refractivity contribution in [3.8, 4) is 0 Å². The highest BCUT2D eigenvalue weighted by atomic mass is 32.2. The van der Waals surface area contributed by atoms with Gasteiger partial charge in [-0.1, -0.05) is 0 Å². The zero-order valence-corrected chi connectivity index (χ0v) is 17.2. The standard InChI is InChI=1S/C20H18FN5O3S/c1-25-16-10-12(21)4-9-15(16)19(27)26(2)17-11-22-20(24-18(17)25)23-13-5-7-14(8-6-13)30(3,28)29/h4-11H,1-3H3,(H,22,23,24). The fourth-order valence-corrected chi connectivity index (χ4v) is 3.82. The molecule has 0 radical (unpaired) electrons. The number of anilines is 5. The van der Waals surface area contributed by atoms with Crippen LogP contribution in [0.3, 0.4) is 0 Å². The first-order chi connectivity index (χ1) is 14.1. The molecule has 0 saturated carbocycles. The number of carbonyl (C=O) groups excluding carboxylic acids is 1. The maximum Gasteiger partial charge on any atom is 0.260 e. The van der Waals surface area contributed by atoms with Gasteiger partial charge in [0, 0.05) is 26.0 Å². The van der Waals surface area contributed by atoms with Crippen LogP contribution < -0.4 is 15.1 Å². The Balaban J connectivity index is 1.73. The van der Waals surface area contributed by atoms with Crippen molar-refractivity contribution in [2.24, 2.45) is 0 Å². The Kier molecular flexibility index (Phi) is 4.65. The molecule has 2 heterocycles. The van der Waals surface area contributed by atoms with Gasteiger partial charge in [0.1, 0.15) is 11.5 Å². The van der Waals surface area contributed by atoms with Crippen LogP contribution >= 0.6 is 0 Å². The van der Waals surface area contributed by atoms with Crippen molar-refractivity contribution < 1.29 is 17.6 Å². The number of nitrogens with zero attached hydrogens (tertiary/aromatic N) is 4.